The fourth-order valence-electron chi connectivity index (χ4n) is 2.15. The Morgan fingerprint density at radius 3 is 2.56 bits per heavy atom. The molecule has 2 aromatic rings. The van der Waals surface area contributed by atoms with E-state index in [-0.39, 0.29) is 0 Å². The van der Waals surface area contributed by atoms with Crippen LogP contribution in [0.25, 0.3) is 5.69 Å². The van der Waals surface area contributed by atoms with Crippen molar-refractivity contribution in [2.24, 2.45) is 5.16 Å². The molecule has 1 heterocycles. The van der Waals surface area contributed by atoms with E-state index in [1.165, 1.54) is 15.3 Å². The Morgan fingerprint density at radius 2 is 1.94 bits per heavy atom. The Morgan fingerprint density at radius 1 is 1.22 bits per heavy atom. The summed E-state index contributed by atoms with van der Waals surface area (Å²) in [5.41, 5.74) is 5.54. The SMILES string of the molecule is Cc1cc(-n2c(C)cc(/C=N/O)c2C)ccc1I. The molecule has 0 bridgehead atoms. The van der Waals surface area contributed by atoms with Crippen LogP contribution in [0.1, 0.15) is 22.5 Å². The van der Waals surface area contributed by atoms with Crippen LogP contribution >= 0.6 is 22.6 Å². The van der Waals surface area contributed by atoms with Gasteiger partial charge in [0.05, 0.1) is 6.21 Å². The lowest BCUT2D eigenvalue weighted by atomic mass is 10.2. The minimum atomic E-state index is 0.936. The summed E-state index contributed by atoms with van der Waals surface area (Å²) < 4.78 is 3.43. The van der Waals surface area contributed by atoms with Crippen LogP contribution in [0, 0.1) is 24.3 Å². The lowest BCUT2D eigenvalue weighted by Gasteiger charge is -2.11. The number of halogens is 1. The molecule has 0 saturated heterocycles. The van der Waals surface area contributed by atoms with Gasteiger partial charge < -0.3 is 9.77 Å². The number of aryl methyl sites for hydroxylation is 2. The first-order valence-electron chi connectivity index (χ1n) is 5.67. The second-order valence-corrected chi connectivity index (χ2v) is 5.50. The van der Waals surface area contributed by atoms with Gasteiger partial charge in [-0.2, -0.15) is 0 Å². The summed E-state index contributed by atoms with van der Waals surface area (Å²) in [6.45, 7) is 6.18. The van der Waals surface area contributed by atoms with E-state index in [9.17, 15) is 0 Å². The number of aromatic nitrogens is 1. The fraction of sp³-hybridized carbons (Fsp3) is 0.214. The van der Waals surface area contributed by atoms with Crippen molar-refractivity contribution in [3.05, 3.63) is 50.4 Å². The van der Waals surface area contributed by atoms with Crippen molar-refractivity contribution in [3.8, 4) is 5.69 Å². The van der Waals surface area contributed by atoms with Gasteiger partial charge in [0.1, 0.15) is 0 Å². The minimum Gasteiger partial charge on any atom is -0.411 e. The number of hydrogen-bond donors (Lipinski definition) is 1. The third kappa shape index (κ3) is 2.29. The van der Waals surface area contributed by atoms with Gasteiger partial charge in [-0.15, -0.1) is 0 Å². The third-order valence-corrected chi connectivity index (χ3v) is 4.28. The summed E-state index contributed by atoms with van der Waals surface area (Å²) in [5, 5.41) is 11.8. The van der Waals surface area contributed by atoms with Crippen LogP contribution in [-0.2, 0) is 0 Å². The molecule has 0 aliphatic carbocycles. The highest BCUT2D eigenvalue weighted by atomic mass is 127. The van der Waals surface area contributed by atoms with E-state index in [0.717, 1.165) is 22.6 Å². The molecule has 0 unspecified atom stereocenters. The van der Waals surface area contributed by atoms with Crippen LogP contribution < -0.4 is 0 Å². The van der Waals surface area contributed by atoms with Crippen molar-refractivity contribution in [1.29, 1.82) is 0 Å². The third-order valence-electron chi connectivity index (χ3n) is 3.07. The van der Waals surface area contributed by atoms with Crippen molar-refractivity contribution in [1.82, 2.24) is 4.57 Å². The predicted octanol–water partition coefficient (Wildman–Crippen LogP) is 3.82. The normalized spacial score (nSPS) is 11.3. The highest BCUT2D eigenvalue weighted by Gasteiger charge is 2.10. The molecule has 1 aromatic heterocycles. The average Bonchev–Trinajstić information content (AvgIpc) is 2.59. The molecule has 0 spiro atoms. The molecule has 3 nitrogen and oxygen atoms in total. The highest BCUT2D eigenvalue weighted by molar-refractivity contribution is 14.1. The van der Waals surface area contributed by atoms with E-state index >= 15 is 0 Å². The minimum absolute atomic E-state index is 0.936. The molecule has 0 aliphatic rings. The number of hydrogen-bond acceptors (Lipinski definition) is 2. The molecule has 4 heteroatoms. The zero-order chi connectivity index (χ0) is 13.3. The van der Waals surface area contributed by atoms with Crippen LogP contribution in [0.4, 0.5) is 0 Å². The Labute approximate surface area is 120 Å². The van der Waals surface area contributed by atoms with Crippen molar-refractivity contribution < 1.29 is 5.21 Å². The van der Waals surface area contributed by atoms with Gasteiger partial charge in [-0.1, -0.05) is 5.16 Å². The van der Waals surface area contributed by atoms with Crippen LogP contribution in [0.15, 0.2) is 29.4 Å². The second-order valence-electron chi connectivity index (χ2n) is 4.34. The quantitative estimate of drug-likeness (QED) is 0.379. The molecule has 0 radical (unpaired) electrons. The Balaban J connectivity index is 2.60. The van der Waals surface area contributed by atoms with Crippen molar-refractivity contribution in [2.45, 2.75) is 20.8 Å². The van der Waals surface area contributed by atoms with Crippen LogP contribution in [0.3, 0.4) is 0 Å². The molecule has 94 valence electrons. The summed E-state index contributed by atoms with van der Waals surface area (Å²) in [5.74, 6) is 0. The standard InChI is InChI=1S/C14H15IN2O/c1-9-6-13(4-5-14(9)15)17-10(2)7-12(8-16-18)11(17)3/h4-8,18H,1-3H3/b16-8+. The summed E-state index contributed by atoms with van der Waals surface area (Å²) >= 11 is 2.33. The van der Waals surface area contributed by atoms with Gasteiger partial charge in [0.25, 0.3) is 0 Å². The molecular weight excluding hydrogens is 339 g/mol. The first-order valence-corrected chi connectivity index (χ1v) is 6.75. The topological polar surface area (TPSA) is 37.5 Å². The number of benzene rings is 1. The van der Waals surface area contributed by atoms with Gasteiger partial charge in [0.15, 0.2) is 0 Å². The lowest BCUT2D eigenvalue weighted by molar-refractivity contribution is 0.322. The van der Waals surface area contributed by atoms with Gasteiger partial charge in [-0.25, -0.2) is 0 Å². The van der Waals surface area contributed by atoms with Crippen molar-refractivity contribution in [2.75, 3.05) is 0 Å². The maximum atomic E-state index is 8.65. The molecule has 0 aliphatic heterocycles. The van der Waals surface area contributed by atoms with E-state index in [0.29, 0.717) is 0 Å². The van der Waals surface area contributed by atoms with Crippen LogP contribution in [0.2, 0.25) is 0 Å². The molecule has 1 N–H and O–H groups in total. The first kappa shape index (κ1) is 13.1. The summed E-state index contributed by atoms with van der Waals surface area (Å²) in [6.07, 6.45) is 1.47. The summed E-state index contributed by atoms with van der Waals surface area (Å²) in [6, 6.07) is 8.41. The van der Waals surface area contributed by atoms with E-state index in [1.54, 1.807) is 0 Å². The molecule has 18 heavy (non-hydrogen) atoms. The molecule has 0 atom stereocenters. The lowest BCUT2D eigenvalue weighted by Crippen LogP contribution is -2.00. The van der Waals surface area contributed by atoms with Gasteiger partial charge in [0, 0.05) is 26.2 Å². The molecule has 1 aromatic carbocycles. The van der Waals surface area contributed by atoms with Crippen LogP contribution in [-0.4, -0.2) is 16.0 Å². The number of oxime groups is 1. The molecular formula is C14H15IN2O. The van der Waals surface area contributed by atoms with Crippen molar-refractivity contribution in [3.63, 3.8) is 0 Å². The number of nitrogens with zero attached hydrogens (tertiary/aromatic N) is 2. The predicted molar refractivity (Wildman–Crippen MR) is 82.1 cm³/mol. The maximum absolute atomic E-state index is 8.65. The first-order chi connectivity index (χ1) is 8.54. The molecule has 0 amide bonds. The average molecular weight is 354 g/mol. The Bertz CT molecular complexity index is 614. The monoisotopic (exact) mass is 354 g/mol. The second kappa shape index (κ2) is 5.14. The van der Waals surface area contributed by atoms with Gasteiger partial charge in [-0.3, -0.25) is 0 Å². The zero-order valence-corrected chi connectivity index (χ0v) is 12.8. The van der Waals surface area contributed by atoms with E-state index in [4.69, 9.17) is 5.21 Å². The van der Waals surface area contributed by atoms with Gasteiger partial charge in [-0.05, 0) is 73.2 Å². The Kier molecular flexibility index (Phi) is 3.75. The number of rotatable bonds is 2. The smallest absolute Gasteiger partial charge is 0.0752 e. The summed E-state index contributed by atoms with van der Waals surface area (Å²) in [7, 11) is 0. The van der Waals surface area contributed by atoms with E-state index in [1.807, 2.05) is 13.0 Å². The van der Waals surface area contributed by atoms with Gasteiger partial charge >= 0.3 is 0 Å². The molecule has 0 saturated carbocycles. The fourth-order valence-corrected chi connectivity index (χ4v) is 2.48. The largest absolute Gasteiger partial charge is 0.411 e. The Hall–Kier alpha value is -1.30. The van der Waals surface area contributed by atoms with Crippen molar-refractivity contribution >= 4 is 28.8 Å². The maximum Gasteiger partial charge on any atom is 0.0752 e. The van der Waals surface area contributed by atoms with Crippen LogP contribution in [0.5, 0.6) is 0 Å². The van der Waals surface area contributed by atoms with Gasteiger partial charge in [0.2, 0.25) is 0 Å². The van der Waals surface area contributed by atoms with E-state index < -0.39 is 0 Å². The molecule has 0 fully saturated rings. The summed E-state index contributed by atoms with van der Waals surface area (Å²) in [4.78, 5) is 0. The zero-order valence-electron chi connectivity index (χ0n) is 10.6. The highest BCUT2D eigenvalue weighted by Crippen LogP contribution is 2.22. The van der Waals surface area contributed by atoms with E-state index in [2.05, 4.69) is 64.4 Å². The molecule has 2 rings (SSSR count).